The molecule has 3 rings (SSSR count). The van der Waals surface area contributed by atoms with E-state index in [1.807, 2.05) is 39.5 Å². The van der Waals surface area contributed by atoms with Crippen LogP contribution in [0.25, 0.3) is 0 Å². The first kappa shape index (κ1) is 29.0. The quantitative estimate of drug-likeness (QED) is 0.360. The zero-order valence-electron chi connectivity index (χ0n) is 20.7. The maximum absolute atomic E-state index is 2.22. The third-order valence-corrected chi connectivity index (χ3v) is 3.78. The summed E-state index contributed by atoms with van der Waals surface area (Å²) < 4.78 is 0. The molecule has 2 aromatic carbocycles. The Labute approximate surface area is 181 Å². The van der Waals surface area contributed by atoms with E-state index in [1.54, 1.807) is 0 Å². The van der Waals surface area contributed by atoms with Gasteiger partial charge < -0.3 is 0 Å². The predicted octanol–water partition coefficient (Wildman–Crippen LogP) is 9.90. The van der Waals surface area contributed by atoms with Crippen molar-refractivity contribution < 1.29 is 0 Å². The number of rotatable bonds is 0. The normalized spacial score (nSPS) is 11.3. The van der Waals surface area contributed by atoms with E-state index in [0.29, 0.717) is 10.8 Å². The molecule has 1 aliphatic rings. The fraction of sp³-hybridized carbons (Fsp3) is 0.556. The summed E-state index contributed by atoms with van der Waals surface area (Å²) in [5, 5.41) is 0. The van der Waals surface area contributed by atoms with Gasteiger partial charge in [0.05, 0.1) is 0 Å². The highest BCUT2D eigenvalue weighted by atomic mass is 32.2. The van der Waals surface area contributed by atoms with Crippen LogP contribution >= 0.6 is 11.8 Å². The Kier molecular flexibility index (Phi) is 15.3. The predicted molar refractivity (Wildman–Crippen MR) is 133 cm³/mol. The van der Waals surface area contributed by atoms with Gasteiger partial charge >= 0.3 is 0 Å². The second kappa shape index (κ2) is 14.7. The van der Waals surface area contributed by atoms with Crippen molar-refractivity contribution in [2.24, 2.45) is 10.8 Å². The Balaban J connectivity index is 0. The van der Waals surface area contributed by atoms with Crippen LogP contribution in [-0.2, 0) is 6.42 Å². The molecule has 0 spiro atoms. The van der Waals surface area contributed by atoms with Crippen molar-refractivity contribution in [1.29, 1.82) is 0 Å². The number of hydrogen-bond acceptors (Lipinski definition) is 1. The molecule has 2 aromatic rings. The van der Waals surface area contributed by atoms with Crippen LogP contribution in [0, 0.1) is 10.8 Å². The van der Waals surface area contributed by atoms with E-state index in [0.717, 1.165) is 6.42 Å². The first-order chi connectivity index (χ1) is 12.9. The summed E-state index contributed by atoms with van der Waals surface area (Å²) in [7, 11) is 0. The van der Waals surface area contributed by atoms with Crippen LogP contribution < -0.4 is 0 Å². The van der Waals surface area contributed by atoms with Crippen molar-refractivity contribution in [2.45, 2.75) is 99.3 Å². The summed E-state index contributed by atoms with van der Waals surface area (Å²) in [5.41, 5.74) is 3.91. The SMILES string of the molecule is CC.CC.CC(C)(C)C.CC(C)(C)C.c1ccc2c(c1)Cc1ccccc1S2. The van der Waals surface area contributed by atoms with E-state index < -0.39 is 0 Å². The highest BCUT2D eigenvalue weighted by molar-refractivity contribution is 7.99. The molecule has 160 valence electrons. The van der Waals surface area contributed by atoms with Crippen LogP contribution in [0.4, 0.5) is 0 Å². The van der Waals surface area contributed by atoms with E-state index in [4.69, 9.17) is 0 Å². The molecule has 0 N–H and O–H groups in total. The lowest BCUT2D eigenvalue weighted by Crippen LogP contribution is -1.98. The van der Waals surface area contributed by atoms with Crippen LogP contribution in [0.5, 0.6) is 0 Å². The first-order valence-corrected chi connectivity index (χ1v) is 11.6. The summed E-state index contributed by atoms with van der Waals surface area (Å²) in [4.78, 5) is 2.82. The van der Waals surface area contributed by atoms with E-state index in [-0.39, 0.29) is 0 Å². The van der Waals surface area contributed by atoms with E-state index in [9.17, 15) is 0 Å². The minimum absolute atomic E-state index is 0.500. The third kappa shape index (κ3) is 16.9. The van der Waals surface area contributed by atoms with Crippen molar-refractivity contribution in [1.82, 2.24) is 0 Å². The molecule has 0 nitrogen and oxygen atoms in total. The molecule has 0 aromatic heterocycles. The van der Waals surface area contributed by atoms with Gasteiger partial charge in [-0.1, -0.05) is 131 Å². The Morgan fingerprint density at radius 3 is 1.07 bits per heavy atom. The molecule has 1 heteroatoms. The summed E-state index contributed by atoms with van der Waals surface area (Å²) in [6.07, 6.45) is 1.08. The molecule has 0 unspecified atom stereocenters. The molecular weight excluding hydrogens is 356 g/mol. The molecule has 0 radical (unpaired) electrons. The van der Waals surface area contributed by atoms with Crippen molar-refractivity contribution in [3.63, 3.8) is 0 Å². The summed E-state index contributed by atoms with van der Waals surface area (Å²) >= 11 is 1.88. The van der Waals surface area contributed by atoms with Gasteiger partial charge in [-0.2, -0.15) is 0 Å². The van der Waals surface area contributed by atoms with E-state index >= 15 is 0 Å². The van der Waals surface area contributed by atoms with Crippen LogP contribution in [0.2, 0.25) is 0 Å². The molecule has 0 saturated heterocycles. The standard InChI is InChI=1S/C13H10S.2C5H12.2C2H6/c1-3-7-12-10(5-1)9-11-6-2-4-8-13(11)14-12;2*1-5(2,3)4;2*1-2/h1-8H,9H2;2*1-4H3;2*1-2H3. The number of fused-ring (bicyclic) bond motifs is 2. The minimum Gasteiger partial charge on any atom is -0.0895 e. The van der Waals surface area contributed by atoms with Crippen LogP contribution in [0.15, 0.2) is 58.3 Å². The average molecular weight is 403 g/mol. The van der Waals surface area contributed by atoms with Gasteiger partial charge in [0.15, 0.2) is 0 Å². The van der Waals surface area contributed by atoms with E-state index in [1.165, 1.54) is 20.9 Å². The monoisotopic (exact) mass is 402 g/mol. The topological polar surface area (TPSA) is 0 Å². The zero-order valence-corrected chi connectivity index (χ0v) is 21.6. The average Bonchev–Trinajstić information content (AvgIpc) is 2.60. The molecule has 1 heterocycles. The maximum Gasteiger partial charge on any atom is 0.0157 e. The molecule has 0 fully saturated rings. The molecule has 1 aliphatic heterocycles. The second-order valence-electron chi connectivity index (χ2n) is 9.49. The van der Waals surface area contributed by atoms with Crippen molar-refractivity contribution in [2.75, 3.05) is 0 Å². The number of hydrogen-bond donors (Lipinski definition) is 0. The smallest absolute Gasteiger partial charge is 0.0157 e. The zero-order chi connectivity index (χ0) is 22.4. The van der Waals surface area contributed by atoms with Crippen LogP contribution in [0.1, 0.15) is 94.2 Å². The Bertz CT molecular complexity index is 516. The van der Waals surface area contributed by atoms with Crippen molar-refractivity contribution in [3.8, 4) is 0 Å². The number of benzene rings is 2. The van der Waals surface area contributed by atoms with Gasteiger partial charge in [0.2, 0.25) is 0 Å². The summed E-state index contributed by atoms with van der Waals surface area (Å²) in [5.74, 6) is 0. The third-order valence-electron chi connectivity index (χ3n) is 2.55. The lowest BCUT2D eigenvalue weighted by atomic mass is 10.0. The van der Waals surface area contributed by atoms with Crippen molar-refractivity contribution >= 4 is 11.8 Å². The Morgan fingerprint density at radius 1 is 0.536 bits per heavy atom. The van der Waals surface area contributed by atoms with E-state index in [2.05, 4.69) is 104 Å². The fourth-order valence-corrected chi connectivity index (χ4v) is 2.90. The lowest BCUT2D eigenvalue weighted by Gasteiger charge is -2.17. The summed E-state index contributed by atoms with van der Waals surface area (Å²) in [6.45, 7) is 25.5. The van der Waals surface area contributed by atoms with Crippen LogP contribution in [-0.4, -0.2) is 0 Å². The molecule has 0 atom stereocenters. The highest BCUT2D eigenvalue weighted by Crippen LogP contribution is 2.38. The van der Waals surface area contributed by atoms with Gasteiger partial charge in [-0.15, -0.1) is 0 Å². The highest BCUT2D eigenvalue weighted by Gasteiger charge is 2.13. The fourth-order valence-electron chi connectivity index (χ4n) is 1.82. The molecular formula is C27H46S. The molecule has 0 saturated carbocycles. The van der Waals surface area contributed by atoms with Gasteiger partial charge in [0.25, 0.3) is 0 Å². The molecule has 28 heavy (non-hydrogen) atoms. The summed E-state index contributed by atoms with van der Waals surface area (Å²) in [6, 6.07) is 17.3. The van der Waals surface area contributed by atoms with Gasteiger partial charge in [-0.25, -0.2) is 0 Å². The first-order valence-electron chi connectivity index (χ1n) is 10.8. The second-order valence-corrected chi connectivity index (χ2v) is 10.6. The van der Waals surface area contributed by atoms with Crippen molar-refractivity contribution in [3.05, 3.63) is 59.7 Å². The maximum atomic E-state index is 2.22. The lowest BCUT2D eigenvalue weighted by molar-refractivity contribution is 0.469. The minimum atomic E-state index is 0.500. The van der Waals surface area contributed by atoms with Gasteiger partial charge in [-0.3, -0.25) is 0 Å². The van der Waals surface area contributed by atoms with Crippen LogP contribution in [0.3, 0.4) is 0 Å². The molecule has 0 amide bonds. The largest absolute Gasteiger partial charge is 0.0895 e. The Morgan fingerprint density at radius 2 is 0.786 bits per heavy atom. The van der Waals surface area contributed by atoms with Gasteiger partial charge in [0.1, 0.15) is 0 Å². The molecule has 0 aliphatic carbocycles. The molecule has 0 bridgehead atoms. The van der Waals surface area contributed by atoms with Gasteiger partial charge in [-0.05, 0) is 40.5 Å². The van der Waals surface area contributed by atoms with Gasteiger partial charge in [0, 0.05) is 9.79 Å². The Hall–Kier alpha value is -1.21.